The van der Waals surface area contributed by atoms with Gasteiger partial charge < -0.3 is 4.90 Å². The molecule has 1 amide bonds. The van der Waals surface area contributed by atoms with E-state index in [1.165, 1.54) is 6.07 Å². The first-order valence-corrected chi connectivity index (χ1v) is 6.76. The summed E-state index contributed by atoms with van der Waals surface area (Å²) < 4.78 is 13.4. The quantitative estimate of drug-likeness (QED) is 0.772. The summed E-state index contributed by atoms with van der Waals surface area (Å²) in [7, 11) is 0. The number of nitrogens with zero attached hydrogens (tertiary/aromatic N) is 1. The van der Waals surface area contributed by atoms with Crippen LogP contribution in [0.15, 0.2) is 18.2 Å². The summed E-state index contributed by atoms with van der Waals surface area (Å²) in [4.78, 5) is 14.0. The normalized spacial score (nSPS) is 19.3. The van der Waals surface area contributed by atoms with Crippen LogP contribution in [-0.2, 0) is 0 Å². The standard InChI is InChI=1S/C14H17ClFNO/c1-10-2-3-12(8-13(10)16)14(18)17-7-5-11(9-17)4-6-15/h2-3,8,11H,4-7,9H2,1H3. The SMILES string of the molecule is Cc1ccc(C(=O)N2CCC(CCCl)C2)cc1F. The maximum absolute atomic E-state index is 13.4. The maximum Gasteiger partial charge on any atom is 0.253 e. The van der Waals surface area contributed by atoms with Gasteiger partial charge in [0.05, 0.1) is 0 Å². The predicted molar refractivity (Wildman–Crippen MR) is 70.5 cm³/mol. The third-order valence-electron chi connectivity index (χ3n) is 3.51. The molecule has 2 rings (SSSR count). The van der Waals surface area contributed by atoms with Gasteiger partial charge in [0.15, 0.2) is 0 Å². The van der Waals surface area contributed by atoms with Crippen LogP contribution in [0.3, 0.4) is 0 Å². The molecule has 0 bridgehead atoms. The van der Waals surface area contributed by atoms with Gasteiger partial charge in [0.25, 0.3) is 5.91 Å². The molecule has 98 valence electrons. The molecule has 1 aromatic carbocycles. The molecule has 1 atom stereocenters. The van der Waals surface area contributed by atoms with Gasteiger partial charge in [-0.25, -0.2) is 4.39 Å². The van der Waals surface area contributed by atoms with Crippen LogP contribution < -0.4 is 0 Å². The fraction of sp³-hybridized carbons (Fsp3) is 0.500. The van der Waals surface area contributed by atoms with Gasteiger partial charge in [0, 0.05) is 24.5 Å². The molecule has 1 aliphatic heterocycles. The number of halogens is 2. The summed E-state index contributed by atoms with van der Waals surface area (Å²) in [5, 5.41) is 0. The number of carbonyl (C=O) groups excluding carboxylic acids is 1. The predicted octanol–water partition coefficient (Wildman–Crippen LogP) is 3.23. The van der Waals surface area contributed by atoms with Gasteiger partial charge in [0.1, 0.15) is 5.82 Å². The van der Waals surface area contributed by atoms with Crippen molar-refractivity contribution in [3.05, 3.63) is 35.1 Å². The van der Waals surface area contributed by atoms with Crippen LogP contribution in [0.2, 0.25) is 0 Å². The van der Waals surface area contributed by atoms with Crippen molar-refractivity contribution in [3.63, 3.8) is 0 Å². The summed E-state index contributed by atoms with van der Waals surface area (Å²) in [5.41, 5.74) is 0.998. The molecule has 0 N–H and O–H groups in total. The third kappa shape index (κ3) is 2.83. The molecule has 18 heavy (non-hydrogen) atoms. The molecule has 1 heterocycles. The Bertz CT molecular complexity index is 449. The zero-order valence-corrected chi connectivity index (χ0v) is 11.2. The molecule has 1 unspecified atom stereocenters. The summed E-state index contributed by atoms with van der Waals surface area (Å²) in [6.07, 6.45) is 1.93. The third-order valence-corrected chi connectivity index (χ3v) is 3.73. The van der Waals surface area contributed by atoms with E-state index < -0.39 is 0 Å². The second-order valence-electron chi connectivity index (χ2n) is 4.85. The molecule has 2 nitrogen and oxygen atoms in total. The second kappa shape index (κ2) is 5.70. The van der Waals surface area contributed by atoms with Crippen molar-refractivity contribution in [1.82, 2.24) is 4.90 Å². The highest BCUT2D eigenvalue weighted by molar-refractivity contribution is 6.17. The lowest BCUT2D eigenvalue weighted by atomic mass is 10.1. The van der Waals surface area contributed by atoms with E-state index in [0.717, 1.165) is 25.9 Å². The van der Waals surface area contributed by atoms with Gasteiger partial charge in [0.2, 0.25) is 0 Å². The zero-order valence-electron chi connectivity index (χ0n) is 10.5. The van der Waals surface area contributed by atoms with Gasteiger partial charge in [-0.1, -0.05) is 6.07 Å². The molecule has 4 heteroatoms. The Balaban J connectivity index is 2.05. The minimum Gasteiger partial charge on any atom is -0.338 e. The van der Waals surface area contributed by atoms with E-state index in [1.54, 1.807) is 24.0 Å². The van der Waals surface area contributed by atoms with E-state index in [0.29, 0.717) is 22.9 Å². The largest absolute Gasteiger partial charge is 0.338 e. The van der Waals surface area contributed by atoms with Crippen molar-refractivity contribution in [2.45, 2.75) is 19.8 Å². The van der Waals surface area contributed by atoms with Crippen LogP contribution >= 0.6 is 11.6 Å². The highest BCUT2D eigenvalue weighted by atomic mass is 35.5. The lowest BCUT2D eigenvalue weighted by molar-refractivity contribution is 0.0786. The summed E-state index contributed by atoms with van der Waals surface area (Å²) >= 11 is 5.71. The molecule has 1 saturated heterocycles. The zero-order chi connectivity index (χ0) is 13.1. The van der Waals surface area contributed by atoms with Crippen molar-refractivity contribution in [2.75, 3.05) is 19.0 Å². The van der Waals surface area contributed by atoms with Crippen LogP contribution in [0.1, 0.15) is 28.8 Å². The summed E-state index contributed by atoms with van der Waals surface area (Å²) in [5.74, 6) is 0.719. The molecule has 0 aliphatic carbocycles. The fourth-order valence-electron chi connectivity index (χ4n) is 2.32. The van der Waals surface area contributed by atoms with Gasteiger partial charge in [-0.3, -0.25) is 4.79 Å². The van der Waals surface area contributed by atoms with E-state index in [4.69, 9.17) is 11.6 Å². The molecule has 0 saturated carbocycles. The molecule has 1 fully saturated rings. The Morgan fingerprint density at radius 3 is 3.00 bits per heavy atom. The number of likely N-dealkylation sites (tertiary alicyclic amines) is 1. The minimum atomic E-state index is -0.322. The molecular weight excluding hydrogens is 253 g/mol. The Kier molecular flexibility index (Phi) is 4.23. The minimum absolute atomic E-state index is 0.0778. The van der Waals surface area contributed by atoms with Crippen molar-refractivity contribution < 1.29 is 9.18 Å². The van der Waals surface area contributed by atoms with Crippen LogP contribution in [0.4, 0.5) is 4.39 Å². The Morgan fingerprint density at radius 2 is 2.33 bits per heavy atom. The van der Waals surface area contributed by atoms with Crippen molar-refractivity contribution in [1.29, 1.82) is 0 Å². The highest BCUT2D eigenvalue weighted by Crippen LogP contribution is 2.22. The van der Waals surface area contributed by atoms with Crippen LogP contribution in [0.25, 0.3) is 0 Å². The number of amides is 1. The first kappa shape index (κ1) is 13.3. The Labute approximate surface area is 112 Å². The Hall–Kier alpha value is -1.09. The van der Waals surface area contributed by atoms with Gasteiger partial charge >= 0.3 is 0 Å². The average Bonchev–Trinajstić information content (AvgIpc) is 2.81. The lowest BCUT2D eigenvalue weighted by Crippen LogP contribution is -2.28. The second-order valence-corrected chi connectivity index (χ2v) is 5.23. The first-order chi connectivity index (χ1) is 8.61. The van der Waals surface area contributed by atoms with Crippen molar-refractivity contribution in [3.8, 4) is 0 Å². The highest BCUT2D eigenvalue weighted by Gasteiger charge is 2.26. The average molecular weight is 270 g/mol. The van der Waals surface area contributed by atoms with E-state index in [-0.39, 0.29) is 11.7 Å². The number of carbonyl (C=O) groups is 1. The topological polar surface area (TPSA) is 20.3 Å². The summed E-state index contributed by atoms with van der Waals surface area (Å²) in [6.45, 7) is 3.17. The molecule has 1 aromatic rings. The van der Waals surface area contributed by atoms with Gasteiger partial charge in [-0.05, 0) is 43.4 Å². The van der Waals surface area contributed by atoms with E-state index >= 15 is 0 Å². The smallest absolute Gasteiger partial charge is 0.253 e. The number of aryl methyl sites for hydroxylation is 1. The number of alkyl halides is 1. The van der Waals surface area contributed by atoms with Crippen molar-refractivity contribution in [2.24, 2.45) is 5.92 Å². The summed E-state index contributed by atoms with van der Waals surface area (Å²) in [6, 6.07) is 4.66. The van der Waals surface area contributed by atoms with E-state index in [2.05, 4.69) is 0 Å². The van der Waals surface area contributed by atoms with Crippen LogP contribution in [0.5, 0.6) is 0 Å². The molecule has 0 radical (unpaired) electrons. The van der Waals surface area contributed by atoms with Crippen LogP contribution in [0, 0.1) is 18.7 Å². The fourth-order valence-corrected chi connectivity index (χ4v) is 2.62. The molecule has 0 aromatic heterocycles. The number of benzene rings is 1. The molecule has 0 spiro atoms. The van der Waals surface area contributed by atoms with E-state index in [1.807, 2.05) is 0 Å². The Morgan fingerprint density at radius 1 is 1.56 bits per heavy atom. The van der Waals surface area contributed by atoms with Crippen molar-refractivity contribution >= 4 is 17.5 Å². The van der Waals surface area contributed by atoms with E-state index in [9.17, 15) is 9.18 Å². The van der Waals surface area contributed by atoms with Crippen LogP contribution in [-0.4, -0.2) is 29.8 Å². The maximum atomic E-state index is 13.4. The molecule has 1 aliphatic rings. The van der Waals surface area contributed by atoms with Gasteiger partial charge in [-0.2, -0.15) is 0 Å². The lowest BCUT2D eigenvalue weighted by Gasteiger charge is -2.16. The monoisotopic (exact) mass is 269 g/mol. The number of hydrogen-bond acceptors (Lipinski definition) is 1. The number of rotatable bonds is 3. The first-order valence-electron chi connectivity index (χ1n) is 6.23. The van der Waals surface area contributed by atoms with Gasteiger partial charge in [-0.15, -0.1) is 11.6 Å². The number of hydrogen-bond donors (Lipinski definition) is 0. The molecular formula is C14H17ClFNO.